The Morgan fingerprint density at radius 3 is 2.12 bits per heavy atom. The Morgan fingerprint density at radius 2 is 1.38 bits per heavy atom. The van der Waals surface area contributed by atoms with Crippen molar-refractivity contribution >= 4 is 22.7 Å². The van der Waals surface area contributed by atoms with Crippen molar-refractivity contribution in [2.24, 2.45) is 10.7 Å². The van der Waals surface area contributed by atoms with Gasteiger partial charge >= 0.3 is 0 Å². The van der Waals surface area contributed by atoms with Crippen molar-refractivity contribution in [1.82, 2.24) is 14.9 Å². The average Bonchev–Trinajstić information content (AvgIpc) is 3.17. The molecule has 0 saturated carbocycles. The number of hydrogen-bond donors (Lipinski definition) is 1. The number of aliphatic imine (C=N–C) groups is 1. The summed E-state index contributed by atoms with van der Waals surface area (Å²) in [7, 11) is 0. The Kier molecular flexibility index (Phi) is 6.68. The van der Waals surface area contributed by atoms with Crippen LogP contribution in [0.25, 0.3) is 27.9 Å². The summed E-state index contributed by atoms with van der Waals surface area (Å²) in [6, 6.07) is 23.3. The van der Waals surface area contributed by atoms with Crippen LogP contribution in [0.5, 0.6) is 0 Å². The average molecular weight is 546 g/mol. The molecule has 0 radical (unpaired) electrons. The Labute approximate surface area is 246 Å². The van der Waals surface area contributed by atoms with Crippen molar-refractivity contribution in [3.63, 3.8) is 0 Å². The quantitative estimate of drug-likeness (QED) is 0.166. The van der Waals surface area contributed by atoms with Gasteiger partial charge in [0.2, 0.25) is 0 Å². The van der Waals surface area contributed by atoms with Gasteiger partial charge in [-0.1, -0.05) is 116 Å². The normalized spacial score (nSPS) is 22.8. The van der Waals surface area contributed by atoms with Gasteiger partial charge in [0.15, 0.2) is 5.96 Å². The third-order valence-corrected chi connectivity index (χ3v) is 8.31. The molecule has 0 bridgehead atoms. The molecule has 0 saturated heterocycles. The second kappa shape index (κ2) is 10.9. The van der Waals surface area contributed by atoms with Crippen molar-refractivity contribution in [1.29, 1.82) is 0 Å². The minimum absolute atomic E-state index is 0.00574. The van der Waals surface area contributed by atoms with E-state index < -0.39 is 0 Å². The lowest BCUT2D eigenvalue weighted by Crippen LogP contribution is -2.52. The van der Waals surface area contributed by atoms with Gasteiger partial charge in [0, 0.05) is 29.8 Å². The maximum Gasteiger partial charge on any atom is 0.197 e. The maximum absolute atomic E-state index is 6.98. The SMILES string of the molecule is C=C/C=C(\N=C(N)N1C2C=CC=CC2c2ccc(-c3ccc4nccnc4c3)cc2C2C=CC=CC21)c1ccccc1. The van der Waals surface area contributed by atoms with E-state index >= 15 is 0 Å². The van der Waals surface area contributed by atoms with Gasteiger partial charge in [-0.25, -0.2) is 4.99 Å². The first kappa shape index (κ1) is 25.7. The number of allylic oxidation sites excluding steroid dienone is 6. The molecule has 7 rings (SSSR count). The van der Waals surface area contributed by atoms with Gasteiger partial charge in [-0.15, -0.1) is 0 Å². The predicted molar refractivity (Wildman–Crippen MR) is 173 cm³/mol. The molecule has 0 amide bonds. The highest BCUT2D eigenvalue weighted by Gasteiger charge is 2.41. The molecule has 42 heavy (non-hydrogen) atoms. The molecule has 2 heterocycles. The van der Waals surface area contributed by atoms with E-state index in [9.17, 15) is 0 Å². The smallest absolute Gasteiger partial charge is 0.197 e. The molecule has 3 aliphatic rings. The highest BCUT2D eigenvalue weighted by molar-refractivity contribution is 5.87. The van der Waals surface area contributed by atoms with Crippen LogP contribution in [0.15, 0.2) is 151 Å². The summed E-state index contributed by atoms with van der Waals surface area (Å²) >= 11 is 0. The third kappa shape index (κ3) is 4.59. The molecule has 0 spiro atoms. The highest BCUT2D eigenvalue weighted by Crippen LogP contribution is 2.45. The predicted octanol–water partition coefficient (Wildman–Crippen LogP) is 7.31. The first-order valence-corrected chi connectivity index (χ1v) is 14.3. The van der Waals surface area contributed by atoms with E-state index in [1.807, 2.05) is 42.5 Å². The van der Waals surface area contributed by atoms with Gasteiger partial charge in [0.1, 0.15) is 0 Å². The van der Waals surface area contributed by atoms with E-state index in [1.54, 1.807) is 18.5 Å². The third-order valence-electron chi connectivity index (χ3n) is 8.31. The van der Waals surface area contributed by atoms with Crippen molar-refractivity contribution in [2.45, 2.75) is 23.9 Å². The summed E-state index contributed by atoms with van der Waals surface area (Å²) in [4.78, 5) is 16.3. The highest BCUT2D eigenvalue weighted by atomic mass is 15.3. The Balaban J connectivity index is 1.35. The number of rotatable bonds is 4. The lowest BCUT2D eigenvalue weighted by atomic mass is 9.81. The molecule has 1 aromatic heterocycles. The second-order valence-corrected chi connectivity index (χ2v) is 10.7. The molecule has 5 heteroatoms. The van der Waals surface area contributed by atoms with Crippen LogP contribution in [0, 0.1) is 0 Å². The molecule has 4 aromatic rings. The molecule has 5 nitrogen and oxygen atoms in total. The largest absolute Gasteiger partial charge is 0.369 e. The van der Waals surface area contributed by atoms with Crippen LogP contribution < -0.4 is 5.73 Å². The standard InChI is InChI=1S/C37H31N5/c1-2-10-32(25-11-4-3-5-12-25)41-37(38)42-35-15-8-6-13-29(35)28-19-17-26(23-31(28)30-14-7-9-16-36(30)42)27-18-20-33-34(24-27)40-22-21-39-33/h2-24,29-30,35-36H,1H2,(H2,38,41)/b32-10-. The van der Waals surface area contributed by atoms with Gasteiger partial charge in [0.05, 0.1) is 28.8 Å². The molecular formula is C37H31N5. The first-order valence-electron chi connectivity index (χ1n) is 14.3. The second-order valence-electron chi connectivity index (χ2n) is 10.7. The van der Waals surface area contributed by atoms with Crippen LogP contribution in [0.4, 0.5) is 0 Å². The van der Waals surface area contributed by atoms with Crippen LogP contribution >= 0.6 is 0 Å². The van der Waals surface area contributed by atoms with Gasteiger partial charge < -0.3 is 10.6 Å². The summed E-state index contributed by atoms with van der Waals surface area (Å²) in [5.41, 5.74) is 15.4. The topological polar surface area (TPSA) is 67.4 Å². The summed E-state index contributed by atoms with van der Waals surface area (Å²) in [5, 5.41) is 0. The van der Waals surface area contributed by atoms with Gasteiger partial charge in [-0.2, -0.15) is 0 Å². The van der Waals surface area contributed by atoms with E-state index in [-0.39, 0.29) is 23.9 Å². The minimum atomic E-state index is -0.0119. The lowest BCUT2D eigenvalue weighted by molar-refractivity contribution is 0.282. The monoisotopic (exact) mass is 545 g/mol. The lowest BCUT2D eigenvalue weighted by Gasteiger charge is -2.40. The zero-order chi connectivity index (χ0) is 28.5. The molecule has 1 aliphatic heterocycles. The summed E-state index contributed by atoms with van der Waals surface area (Å²) in [5.74, 6) is 0.694. The van der Waals surface area contributed by atoms with E-state index in [4.69, 9.17) is 10.7 Å². The Morgan fingerprint density at radius 1 is 0.738 bits per heavy atom. The fraction of sp³-hybridized carbons (Fsp3) is 0.108. The minimum Gasteiger partial charge on any atom is -0.369 e. The van der Waals surface area contributed by atoms with E-state index in [0.29, 0.717) is 5.96 Å². The number of guanidine groups is 1. The number of fused-ring (bicyclic) bond motifs is 6. The molecular weight excluding hydrogens is 514 g/mol. The Hall–Kier alpha value is -5.29. The number of nitrogens with zero attached hydrogens (tertiary/aromatic N) is 4. The molecule has 0 fully saturated rings. The molecule has 2 aliphatic carbocycles. The molecule has 2 N–H and O–H groups in total. The van der Waals surface area contributed by atoms with E-state index in [2.05, 4.69) is 100 Å². The van der Waals surface area contributed by atoms with Crippen LogP contribution in [-0.2, 0) is 0 Å². The van der Waals surface area contributed by atoms with Gasteiger partial charge in [-0.05, 0) is 40.5 Å². The van der Waals surface area contributed by atoms with Gasteiger partial charge in [-0.3, -0.25) is 9.97 Å². The number of hydrogen-bond acceptors (Lipinski definition) is 3. The number of aromatic nitrogens is 2. The van der Waals surface area contributed by atoms with Crippen LogP contribution in [-0.4, -0.2) is 32.9 Å². The summed E-state index contributed by atoms with van der Waals surface area (Å²) in [6.07, 6.45) is 24.7. The molecule has 4 atom stereocenters. The zero-order valence-electron chi connectivity index (χ0n) is 23.2. The molecule has 204 valence electrons. The fourth-order valence-electron chi connectivity index (χ4n) is 6.39. The summed E-state index contributed by atoms with van der Waals surface area (Å²) in [6.45, 7) is 3.92. The Bertz CT molecular complexity index is 1840. The molecule has 3 aromatic carbocycles. The van der Waals surface area contributed by atoms with Crippen molar-refractivity contribution in [3.8, 4) is 11.1 Å². The van der Waals surface area contributed by atoms with Crippen molar-refractivity contribution < 1.29 is 0 Å². The van der Waals surface area contributed by atoms with E-state index in [1.165, 1.54) is 11.1 Å². The number of benzene rings is 3. The van der Waals surface area contributed by atoms with Crippen LogP contribution in [0.3, 0.4) is 0 Å². The first-order chi connectivity index (χ1) is 20.7. The maximum atomic E-state index is 6.98. The van der Waals surface area contributed by atoms with E-state index in [0.717, 1.165) is 33.4 Å². The fourth-order valence-corrected chi connectivity index (χ4v) is 6.39. The summed E-state index contributed by atoms with van der Waals surface area (Å²) < 4.78 is 0. The van der Waals surface area contributed by atoms with Crippen molar-refractivity contribution in [3.05, 3.63) is 163 Å². The molecule has 4 unspecified atom stereocenters. The van der Waals surface area contributed by atoms with Crippen molar-refractivity contribution in [2.75, 3.05) is 0 Å². The number of nitrogens with two attached hydrogens (primary N) is 1. The van der Waals surface area contributed by atoms with Gasteiger partial charge in [0.25, 0.3) is 0 Å². The van der Waals surface area contributed by atoms with Crippen LogP contribution in [0.2, 0.25) is 0 Å². The van der Waals surface area contributed by atoms with Crippen LogP contribution in [0.1, 0.15) is 28.5 Å². The zero-order valence-corrected chi connectivity index (χ0v) is 23.2.